The summed E-state index contributed by atoms with van der Waals surface area (Å²) < 4.78 is 0. The normalized spacial score (nSPS) is 22.2. The number of hydrogen-bond acceptors (Lipinski definition) is 3. The number of hydrogen-bond donors (Lipinski definition) is 1. The van der Waals surface area contributed by atoms with Gasteiger partial charge in [-0.25, -0.2) is 0 Å². The molecule has 2 rings (SSSR count). The molecule has 1 aromatic rings. The van der Waals surface area contributed by atoms with Crippen LogP contribution in [-0.2, 0) is 11.3 Å². The maximum atomic E-state index is 12.8. The fourth-order valence-corrected chi connectivity index (χ4v) is 3.86. The molecule has 0 saturated heterocycles. The summed E-state index contributed by atoms with van der Waals surface area (Å²) in [5.74, 6) is 0.411. The van der Waals surface area contributed by atoms with E-state index in [0.717, 1.165) is 51.6 Å². The molecule has 0 atom stereocenters. The average molecular weight is 309 g/mol. The Labute approximate surface area is 132 Å². The third-order valence-electron chi connectivity index (χ3n) is 4.44. The molecule has 0 spiro atoms. The highest BCUT2D eigenvalue weighted by Crippen LogP contribution is 2.27. The zero-order chi connectivity index (χ0) is 15.2. The summed E-state index contributed by atoms with van der Waals surface area (Å²) in [6.45, 7) is 5.88. The predicted octanol–water partition coefficient (Wildman–Crippen LogP) is 3.74. The van der Waals surface area contributed by atoms with Gasteiger partial charge >= 0.3 is 0 Å². The van der Waals surface area contributed by atoms with E-state index in [4.69, 9.17) is 0 Å². The Balaban J connectivity index is 2.00. The molecule has 21 heavy (non-hydrogen) atoms. The van der Waals surface area contributed by atoms with Crippen molar-refractivity contribution in [2.75, 3.05) is 6.54 Å². The Morgan fingerprint density at radius 2 is 2.10 bits per heavy atom. The molecule has 4 heteroatoms. The third kappa shape index (κ3) is 4.55. The lowest BCUT2D eigenvalue weighted by atomic mass is 9.86. The molecule has 0 bridgehead atoms. The second-order valence-corrected chi connectivity index (χ2v) is 7.15. The molecule has 0 unspecified atom stereocenters. The quantitative estimate of drug-likeness (QED) is 0.869. The summed E-state index contributed by atoms with van der Waals surface area (Å²) in [5.41, 5.74) is 1.29. The molecule has 1 saturated carbocycles. The van der Waals surface area contributed by atoms with E-state index < -0.39 is 0 Å². The highest BCUT2D eigenvalue weighted by molar-refractivity contribution is 7.10. The Hall–Kier alpha value is -0.870. The van der Waals surface area contributed by atoms with Crippen molar-refractivity contribution in [2.24, 2.45) is 5.92 Å². The Morgan fingerprint density at radius 1 is 1.38 bits per heavy atom. The molecule has 3 nitrogen and oxygen atoms in total. The van der Waals surface area contributed by atoms with Crippen LogP contribution in [0.1, 0.15) is 55.9 Å². The summed E-state index contributed by atoms with van der Waals surface area (Å²) in [5, 5.41) is 11.7. The monoisotopic (exact) mass is 309 g/mol. The van der Waals surface area contributed by atoms with E-state index in [1.54, 1.807) is 11.3 Å². The van der Waals surface area contributed by atoms with E-state index in [1.165, 1.54) is 10.4 Å². The van der Waals surface area contributed by atoms with Gasteiger partial charge in [-0.15, -0.1) is 11.3 Å². The lowest BCUT2D eigenvalue weighted by molar-refractivity contribution is -0.137. The van der Waals surface area contributed by atoms with Gasteiger partial charge in [-0.05, 0) is 56.0 Å². The van der Waals surface area contributed by atoms with Crippen molar-refractivity contribution >= 4 is 17.2 Å². The van der Waals surface area contributed by atoms with Gasteiger partial charge in [0.15, 0.2) is 0 Å². The van der Waals surface area contributed by atoms with Gasteiger partial charge in [0.25, 0.3) is 0 Å². The molecule has 0 aromatic carbocycles. The van der Waals surface area contributed by atoms with Gasteiger partial charge in [0.1, 0.15) is 0 Å². The molecule has 1 aliphatic carbocycles. The first-order valence-electron chi connectivity index (χ1n) is 8.11. The van der Waals surface area contributed by atoms with Crippen LogP contribution in [0, 0.1) is 12.8 Å². The van der Waals surface area contributed by atoms with Crippen LogP contribution in [0.4, 0.5) is 0 Å². The molecule has 1 amide bonds. The highest BCUT2D eigenvalue weighted by Gasteiger charge is 2.28. The zero-order valence-electron chi connectivity index (χ0n) is 13.2. The average Bonchev–Trinajstić information content (AvgIpc) is 2.88. The summed E-state index contributed by atoms with van der Waals surface area (Å²) in [4.78, 5) is 16.1. The highest BCUT2D eigenvalue weighted by atomic mass is 32.1. The Kier molecular flexibility index (Phi) is 6.24. The van der Waals surface area contributed by atoms with Crippen molar-refractivity contribution < 1.29 is 9.90 Å². The van der Waals surface area contributed by atoms with Gasteiger partial charge in [-0.2, -0.15) is 0 Å². The number of carbonyl (C=O) groups excluding carboxylic acids is 1. The first-order valence-corrected chi connectivity index (χ1v) is 8.99. The van der Waals surface area contributed by atoms with Gasteiger partial charge in [-0.3, -0.25) is 4.79 Å². The second kappa shape index (κ2) is 7.95. The summed E-state index contributed by atoms with van der Waals surface area (Å²) >= 11 is 1.74. The molecule has 1 heterocycles. The van der Waals surface area contributed by atoms with Gasteiger partial charge in [0, 0.05) is 17.3 Å². The van der Waals surface area contributed by atoms with Gasteiger partial charge in [-0.1, -0.05) is 13.3 Å². The van der Waals surface area contributed by atoms with Crippen molar-refractivity contribution in [1.29, 1.82) is 0 Å². The fraction of sp³-hybridized carbons (Fsp3) is 0.706. The second-order valence-electron chi connectivity index (χ2n) is 6.15. The van der Waals surface area contributed by atoms with Crippen LogP contribution in [0.25, 0.3) is 0 Å². The number of aryl methyl sites for hydroxylation is 1. The van der Waals surface area contributed by atoms with Gasteiger partial charge < -0.3 is 10.0 Å². The van der Waals surface area contributed by atoms with E-state index in [9.17, 15) is 9.90 Å². The lowest BCUT2D eigenvalue weighted by Crippen LogP contribution is -2.38. The number of thiophene rings is 1. The molecule has 118 valence electrons. The molecular weight excluding hydrogens is 282 g/mol. The number of aliphatic hydroxyl groups excluding tert-OH is 1. The first-order chi connectivity index (χ1) is 10.1. The lowest BCUT2D eigenvalue weighted by Gasteiger charge is -2.30. The molecule has 1 aromatic heterocycles. The minimum atomic E-state index is -0.197. The molecule has 0 radical (unpaired) electrons. The van der Waals surface area contributed by atoms with Crippen molar-refractivity contribution in [2.45, 2.75) is 65.0 Å². The molecule has 1 aliphatic rings. The van der Waals surface area contributed by atoms with Gasteiger partial charge in [0.05, 0.1) is 12.6 Å². The minimum Gasteiger partial charge on any atom is -0.393 e. The summed E-state index contributed by atoms with van der Waals surface area (Å²) in [7, 11) is 0. The molecule has 0 aliphatic heterocycles. The number of nitrogens with zero attached hydrogens (tertiary/aromatic N) is 1. The third-order valence-corrected chi connectivity index (χ3v) is 5.45. The fourth-order valence-electron chi connectivity index (χ4n) is 2.94. The maximum absolute atomic E-state index is 12.8. The van der Waals surface area contributed by atoms with Crippen LogP contribution in [0.2, 0.25) is 0 Å². The number of aliphatic hydroxyl groups is 1. The number of carbonyl (C=O) groups is 1. The smallest absolute Gasteiger partial charge is 0.226 e. The zero-order valence-corrected chi connectivity index (χ0v) is 14.0. The van der Waals surface area contributed by atoms with Crippen molar-refractivity contribution in [3.05, 3.63) is 21.9 Å². The van der Waals surface area contributed by atoms with Crippen molar-refractivity contribution in [3.63, 3.8) is 0 Å². The van der Waals surface area contributed by atoms with E-state index in [-0.39, 0.29) is 12.0 Å². The summed E-state index contributed by atoms with van der Waals surface area (Å²) in [6, 6.07) is 2.12. The number of amides is 1. The van der Waals surface area contributed by atoms with Crippen LogP contribution in [0.15, 0.2) is 11.4 Å². The number of unbranched alkanes of at least 4 members (excludes halogenated alkanes) is 1. The van der Waals surface area contributed by atoms with Crippen molar-refractivity contribution in [3.8, 4) is 0 Å². The van der Waals surface area contributed by atoms with Crippen molar-refractivity contribution in [1.82, 2.24) is 4.90 Å². The van der Waals surface area contributed by atoms with E-state index in [0.29, 0.717) is 5.91 Å². The molecule has 1 fully saturated rings. The minimum absolute atomic E-state index is 0.116. The first kappa shape index (κ1) is 16.5. The Bertz CT molecular complexity index is 449. The molecule has 1 N–H and O–H groups in total. The SMILES string of the molecule is CCCCN(Cc1sccc1C)C(=O)C1CCC(O)CC1. The number of rotatable bonds is 6. The van der Waals surface area contributed by atoms with E-state index in [1.807, 2.05) is 4.90 Å². The summed E-state index contributed by atoms with van der Waals surface area (Å²) in [6.07, 6.45) is 5.20. The van der Waals surface area contributed by atoms with Crippen LogP contribution in [-0.4, -0.2) is 28.6 Å². The standard InChI is InChI=1S/C17H27NO2S/c1-3-4-10-18(12-16-13(2)9-11-21-16)17(20)14-5-7-15(19)8-6-14/h9,11,14-15,19H,3-8,10,12H2,1-2H3. The largest absolute Gasteiger partial charge is 0.393 e. The van der Waals surface area contributed by atoms with Crippen LogP contribution >= 0.6 is 11.3 Å². The maximum Gasteiger partial charge on any atom is 0.226 e. The van der Waals surface area contributed by atoms with Crippen LogP contribution < -0.4 is 0 Å². The van der Waals surface area contributed by atoms with Crippen LogP contribution in [0.5, 0.6) is 0 Å². The predicted molar refractivity (Wildman–Crippen MR) is 87.3 cm³/mol. The molecular formula is C17H27NO2S. The topological polar surface area (TPSA) is 40.5 Å². The van der Waals surface area contributed by atoms with Gasteiger partial charge in [0.2, 0.25) is 5.91 Å². The van der Waals surface area contributed by atoms with E-state index in [2.05, 4.69) is 25.3 Å². The van der Waals surface area contributed by atoms with Crippen LogP contribution in [0.3, 0.4) is 0 Å². The van der Waals surface area contributed by atoms with E-state index >= 15 is 0 Å². The Morgan fingerprint density at radius 3 is 2.67 bits per heavy atom.